The van der Waals surface area contributed by atoms with E-state index in [9.17, 15) is 9.59 Å². The van der Waals surface area contributed by atoms with E-state index in [1.54, 1.807) is 31.3 Å². The summed E-state index contributed by atoms with van der Waals surface area (Å²) in [5, 5.41) is 8.36. The maximum atomic E-state index is 12.1. The number of anilines is 2. The molecule has 0 aliphatic heterocycles. The van der Waals surface area contributed by atoms with Gasteiger partial charge in [0.15, 0.2) is 0 Å². The summed E-state index contributed by atoms with van der Waals surface area (Å²) >= 11 is 0. The highest BCUT2D eigenvalue weighted by atomic mass is 16.5. The molecule has 0 aliphatic carbocycles. The molecule has 0 aromatic heterocycles. The highest BCUT2D eigenvalue weighted by molar-refractivity contribution is 5.97. The Hall–Kier alpha value is -3.02. The van der Waals surface area contributed by atoms with Crippen molar-refractivity contribution in [2.45, 2.75) is 20.0 Å². The van der Waals surface area contributed by atoms with Crippen LogP contribution in [-0.4, -0.2) is 31.5 Å². The van der Waals surface area contributed by atoms with E-state index in [0.717, 1.165) is 11.4 Å². The molecule has 2 aromatic rings. The van der Waals surface area contributed by atoms with Crippen LogP contribution in [0.4, 0.5) is 11.4 Å². The van der Waals surface area contributed by atoms with Crippen molar-refractivity contribution in [3.63, 3.8) is 0 Å². The Morgan fingerprint density at radius 1 is 1.04 bits per heavy atom. The number of carbonyl (C=O) groups excluding carboxylic acids is 2. The number of hydrogen-bond donors (Lipinski definition) is 3. The maximum absolute atomic E-state index is 12.1. The van der Waals surface area contributed by atoms with E-state index in [1.807, 2.05) is 38.1 Å². The lowest BCUT2D eigenvalue weighted by Crippen LogP contribution is -2.22. The lowest BCUT2D eigenvalue weighted by Gasteiger charge is -2.11. The Labute approximate surface area is 147 Å². The van der Waals surface area contributed by atoms with Crippen LogP contribution in [0.2, 0.25) is 0 Å². The lowest BCUT2D eigenvalue weighted by molar-refractivity contribution is -0.114. The predicted octanol–water partition coefficient (Wildman–Crippen LogP) is 2.88. The SMILES string of the molecule is CNC(=O)c1cccc(NC(=O)CNc2ccc(OC(C)C)cc2)c1. The minimum atomic E-state index is -0.198. The van der Waals surface area contributed by atoms with Crippen LogP contribution in [0.15, 0.2) is 48.5 Å². The molecule has 132 valence electrons. The minimum absolute atomic E-state index is 0.120. The van der Waals surface area contributed by atoms with Crippen molar-refractivity contribution in [2.24, 2.45) is 0 Å². The fraction of sp³-hybridized carbons (Fsp3) is 0.263. The molecule has 0 spiro atoms. The third kappa shape index (κ3) is 5.84. The summed E-state index contributed by atoms with van der Waals surface area (Å²) in [6.45, 7) is 4.06. The smallest absolute Gasteiger partial charge is 0.251 e. The van der Waals surface area contributed by atoms with Gasteiger partial charge in [-0.05, 0) is 56.3 Å². The molecule has 2 aromatic carbocycles. The van der Waals surface area contributed by atoms with E-state index in [1.165, 1.54) is 0 Å². The molecule has 0 atom stereocenters. The summed E-state index contributed by atoms with van der Waals surface area (Å²) < 4.78 is 5.57. The van der Waals surface area contributed by atoms with Crippen LogP contribution >= 0.6 is 0 Å². The maximum Gasteiger partial charge on any atom is 0.251 e. The number of benzene rings is 2. The number of rotatable bonds is 7. The van der Waals surface area contributed by atoms with E-state index in [4.69, 9.17) is 4.74 Å². The van der Waals surface area contributed by atoms with Gasteiger partial charge in [-0.15, -0.1) is 0 Å². The van der Waals surface area contributed by atoms with Gasteiger partial charge in [-0.1, -0.05) is 6.07 Å². The standard InChI is InChI=1S/C19H23N3O3/c1-13(2)25-17-9-7-15(8-10-17)21-12-18(23)22-16-6-4-5-14(11-16)19(24)20-3/h4-11,13,21H,12H2,1-3H3,(H,20,24)(H,22,23). The van der Waals surface area contributed by atoms with Crippen molar-refractivity contribution in [2.75, 3.05) is 24.2 Å². The summed E-state index contributed by atoms with van der Waals surface area (Å²) in [6, 6.07) is 14.2. The molecule has 3 N–H and O–H groups in total. The van der Waals surface area contributed by atoms with Crippen LogP contribution in [0.1, 0.15) is 24.2 Å². The van der Waals surface area contributed by atoms with Crippen molar-refractivity contribution in [1.82, 2.24) is 5.32 Å². The second-order valence-electron chi connectivity index (χ2n) is 5.75. The van der Waals surface area contributed by atoms with Crippen molar-refractivity contribution in [3.8, 4) is 5.75 Å². The van der Waals surface area contributed by atoms with Crippen molar-refractivity contribution in [3.05, 3.63) is 54.1 Å². The van der Waals surface area contributed by atoms with Gasteiger partial charge in [-0.25, -0.2) is 0 Å². The Balaban J connectivity index is 1.87. The topological polar surface area (TPSA) is 79.5 Å². The average Bonchev–Trinajstić information content (AvgIpc) is 2.60. The summed E-state index contributed by atoms with van der Waals surface area (Å²) in [4.78, 5) is 23.7. The van der Waals surface area contributed by atoms with E-state index >= 15 is 0 Å². The quantitative estimate of drug-likeness (QED) is 0.723. The number of amides is 2. The van der Waals surface area contributed by atoms with Crippen molar-refractivity contribution < 1.29 is 14.3 Å². The molecule has 2 amide bonds. The third-order valence-corrected chi connectivity index (χ3v) is 3.31. The first kappa shape index (κ1) is 18.3. The first-order valence-electron chi connectivity index (χ1n) is 8.10. The Kier molecular flexibility index (Phi) is 6.39. The van der Waals surface area contributed by atoms with Crippen LogP contribution in [0.5, 0.6) is 5.75 Å². The Bertz CT molecular complexity index is 727. The van der Waals surface area contributed by atoms with Gasteiger partial charge in [-0.2, -0.15) is 0 Å². The number of ether oxygens (including phenoxy) is 1. The third-order valence-electron chi connectivity index (χ3n) is 3.31. The predicted molar refractivity (Wildman–Crippen MR) is 99.2 cm³/mol. The molecule has 6 nitrogen and oxygen atoms in total. The van der Waals surface area contributed by atoms with Crippen LogP contribution in [0, 0.1) is 0 Å². The van der Waals surface area contributed by atoms with Gasteiger partial charge in [0.05, 0.1) is 12.6 Å². The largest absolute Gasteiger partial charge is 0.491 e. The molecule has 0 saturated carbocycles. The molecular formula is C19H23N3O3. The number of nitrogens with one attached hydrogen (secondary N) is 3. The van der Waals surface area contributed by atoms with Gasteiger partial charge in [0.1, 0.15) is 5.75 Å². The lowest BCUT2D eigenvalue weighted by atomic mass is 10.2. The molecule has 0 radical (unpaired) electrons. The molecule has 6 heteroatoms. The molecular weight excluding hydrogens is 318 g/mol. The van der Waals surface area contributed by atoms with E-state index in [0.29, 0.717) is 11.3 Å². The zero-order valence-electron chi connectivity index (χ0n) is 14.6. The molecule has 0 heterocycles. The molecule has 0 fully saturated rings. The summed E-state index contributed by atoms with van der Waals surface area (Å²) in [5.41, 5.74) is 1.90. The van der Waals surface area contributed by atoms with Crippen molar-refractivity contribution in [1.29, 1.82) is 0 Å². The highest BCUT2D eigenvalue weighted by Crippen LogP contribution is 2.17. The molecule has 0 bridgehead atoms. The zero-order valence-corrected chi connectivity index (χ0v) is 14.6. The molecule has 0 aliphatic rings. The summed E-state index contributed by atoms with van der Waals surface area (Å²) in [7, 11) is 1.56. The van der Waals surface area contributed by atoms with Crippen LogP contribution in [-0.2, 0) is 4.79 Å². The van der Waals surface area contributed by atoms with Gasteiger partial charge in [0, 0.05) is 24.0 Å². The monoisotopic (exact) mass is 341 g/mol. The fourth-order valence-corrected chi connectivity index (χ4v) is 2.19. The van der Waals surface area contributed by atoms with Gasteiger partial charge in [0.2, 0.25) is 5.91 Å². The number of carbonyl (C=O) groups is 2. The van der Waals surface area contributed by atoms with Crippen LogP contribution in [0.3, 0.4) is 0 Å². The van der Waals surface area contributed by atoms with Gasteiger partial charge in [-0.3, -0.25) is 9.59 Å². The van der Waals surface area contributed by atoms with E-state index in [-0.39, 0.29) is 24.5 Å². The van der Waals surface area contributed by atoms with Crippen LogP contribution < -0.4 is 20.7 Å². The summed E-state index contributed by atoms with van der Waals surface area (Å²) in [5.74, 6) is 0.394. The second-order valence-corrected chi connectivity index (χ2v) is 5.75. The molecule has 0 saturated heterocycles. The Morgan fingerprint density at radius 2 is 1.76 bits per heavy atom. The summed E-state index contributed by atoms with van der Waals surface area (Å²) in [6.07, 6.45) is 0.121. The number of hydrogen-bond acceptors (Lipinski definition) is 4. The van der Waals surface area contributed by atoms with E-state index < -0.39 is 0 Å². The van der Waals surface area contributed by atoms with E-state index in [2.05, 4.69) is 16.0 Å². The first-order valence-corrected chi connectivity index (χ1v) is 8.10. The molecule has 2 rings (SSSR count). The zero-order chi connectivity index (χ0) is 18.2. The average molecular weight is 341 g/mol. The van der Waals surface area contributed by atoms with Gasteiger partial charge < -0.3 is 20.7 Å². The second kappa shape index (κ2) is 8.73. The normalized spacial score (nSPS) is 10.2. The molecule has 25 heavy (non-hydrogen) atoms. The Morgan fingerprint density at radius 3 is 2.40 bits per heavy atom. The molecule has 0 unspecified atom stereocenters. The highest BCUT2D eigenvalue weighted by Gasteiger charge is 2.06. The first-order chi connectivity index (χ1) is 12.0. The van der Waals surface area contributed by atoms with Gasteiger partial charge >= 0.3 is 0 Å². The van der Waals surface area contributed by atoms with Crippen LogP contribution in [0.25, 0.3) is 0 Å². The minimum Gasteiger partial charge on any atom is -0.491 e. The van der Waals surface area contributed by atoms with Crippen molar-refractivity contribution >= 4 is 23.2 Å². The van der Waals surface area contributed by atoms with Gasteiger partial charge in [0.25, 0.3) is 5.91 Å². The fourth-order valence-electron chi connectivity index (χ4n) is 2.19.